The highest BCUT2D eigenvalue weighted by Crippen LogP contribution is 2.29. The number of amides is 3. The number of aliphatic hydroxyl groups excluding tert-OH is 1. The van der Waals surface area contributed by atoms with Crippen LogP contribution in [0.1, 0.15) is 31.9 Å². The third-order valence-electron chi connectivity index (χ3n) is 5.84. The van der Waals surface area contributed by atoms with Gasteiger partial charge in [0.25, 0.3) is 5.91 Å². The average molecular weight is 569 g/mol. The van der Waals surface area contributed by atoms with Crippen LogP contribution in [0.15, 0.2) is 54.7 Å². The quantitative estimate of drug-likeness (QED) is 0.110. The zero-order valence-electron chi connectivity index (χ0n) is 23.4. The Morgan fingerprint density at radius 2 is 1.83 bits per heavy atom. The van der Waals surface area contributed by atoms with E-state index in [-0.39, 0.29) is 6.61 Å². The second kappa shape index (κ2) is 14.2. The zero-order chi connectivity index (χ0) is 30.0. The Bertz CT molecular complexity index is 1380. The average Bonchev–Trinajstić information content (AvgIpc) is 3.34. The highest BCUT2D eigenvalue weighted by molar-refractivity contribution is 5.91. The molecular formula is C29H36N4O8. The van der Waals surface area contributed by atoms with E-state index in [0.717, 1.165) is 22.5 Å². The van der Waals surface area contributed by atoms with E-state index < -0.39 is 42.2 Å². The number of hydroxylamine groups is 1. The van der Waals surface area contributed by atoms with Gasteiger partial charge in [0, 0.05) is 23.2 Å². The predicted molar refractivity (Wildman–Crippen MR) is 152 cm³/mol. The number of fused-ring (bicyclic) bond motifs is 1. The summed E-state index contributed by atoms with van der Waals surface area (Å²) < 4.78 is 16.7. The van der Waals surface area contributed by atoms with Gasteiger partial charge < -0.3 is 34.9 Å². The lowest BCUT2D eigenvalue weighted by Gasteiger charge is -2.25. The fourth-order valence-corrected chi connectivity index (χ4v) is 3.97. The van der Waals surface area contributed by atoms with Gasteiger partial charge in [0.2, 0.25) is 5.91 Å². The van der Waals surface area contributed by atoms with Gasteiger partial charge >= 0.3 is 6.09 Å². The number of carbonyl (C=O) groups excluding carboxylic acids is 3. The Morgan fingerprint density at radius 1 is 1.07 bits per heavy atom. The van der Waals surface area contributed by atoms with Crippen LogP contribution in [0.5, 0.6) is 11.5 Å². The summed E-state index contributed by atoms with van der Waals surface area (Å²) in [7, 11) is 1.47. The van der Waals surface area contributed by atoms with Crippen molar-refractivity contribution >= 4 is 34.9 Å². The maximum absolute atomic E-state index is 13.1. The molecule has 0 saturated heterocycles. The van der Waals surface area contributed by atoms with E-state index in [2.05, 4.69) is 15.6 Å². The lowest BCUT2D eigenvalue weighted by molar-refractivity contribution is -0.125. The molecule has 41 heavy (non-hydrogen) atoms. The molecule has 3 amide bonds. The minimum absolute atomic E-state index is 0.0221. The molecule has 0 saturated carbocycles. The Labute approximate surface area is 237 Å². The highest BCUT2D eigenvalue weighted by Gasteiger charge is 2.26. The SMILES string of the molecule is COc1cc(/C=C/C(=O)NO)ccc1OC[C@H](Cc1c[nH]c2ccccc12)NC(=O)[C@H](CO)NC(=O)OC(C)(C)C. The van der Waals surface area contributed by atoms with Gasteiger partial charge in [-0.25, -0.2) is 10.3 Å². The lowest BCUT2D eigenvalue weighted by Crippen LogP contribution is -2.53. The van der Waals surface area contributed by atoms with Crippen LogP contribution in [0.2, 0.25) is 0 Å². The van der Waals surface area contributed by atoms with Crippen LogP contribution in [-0.4, -0.2) is 71.2 Å². The van der Waals surface area contributed by atoms with Crippen LogP contribution in [0.3, 0.4) is 0 Å². The minimum atomic E-state index is -1.24. The zero-order valence-corrected chi connectivity index (χ0v) is 23.4. The fourth-order valence-electron chi connectivity index (χ4n) is 3.97. The van der Waals surface area contributed by atoms with E-state index in [0.29, 0.717) is 23.5 Å². The van der Waals surface area contributed by atoms with E-state index in [1.807, 2.05) is 30.5 Å². The van der Waals surface area contributed by atoms with E-state index in [1.165, 1.54) is 18.7 Å². The largest absolute Gasteiger partial charge is 0.493 e. The Kier molecular flexibility index (Phi) is 10.7. The number of alkyl carbamates (subject to hydrolysis) is 1. The topological polar surface area (TPSA) is 171 Å². The molecule has 0 fully saturated rings. The second-order valence-electron chi connectivity index (χ2n) is 10.2. The molecule has 3 aromatic rings. The highest BCUT2D eigenvalue weighted by atomic mass is 16.6. The fraction of sp³-hybridized carbons (Fsp3) is 0.345. The molecule has 220 valence electrons. The van der Waals surface area contributed by atoms with Crippen LogP contribution >= 0.6 is 0 Å². The molecule has 12 nitrogen and oxygen atoms in total. The van der Waals surface area contributed by atoms with Crippen LogP contribution in [0.25, 0.3) is 17.0 Å². The van der Waals surface area contributed by atoms with Gasteiger partial charge in [-0.15, -0.1) is 0 Å². The summed E-state index contributed by atoms with van der Waals surface area (Å²) in [5.41, 5.74) is 3.24. The summed E-state index contributed by atoms with van der Waals surface area (Å²) >= 11 is 0. The van der Waals surface area contributed by atoms with E-state index >= 15 is 0 Å². The molecule has 6 N–H and O–H groups in total. The van der Waals surface area contributed by atoms with E-state index in [9.17, 15) is 19.5 Å². The van der Waals surface area contributed by atoms with E-state index in [4.69, 9.17) is 19.4 Å². The maximum Gasteiger partial charge on any atom is 0.408 e. The summed E-state index contributed by atoms with van der Waals surface area (Å²) in [5, 5.41) is 24.7. The molecule has 12 heteroatoms. The van der Waals surface area contributed by atoms with Gasteiger partial charge in [0.1, 0.15) is 18.2 Å². The van der Waals surface area contributed by atoms with Crippen LogP contribution in [0.4, 0.5) is 4.79 Å². The molecule has 0 unspecified atom stereocenters. The van der Waals surface area contributed by atoms with Crippen molar-refractivity contribution < 1.29 is 38.9 Å². The molecule has 0 aliphatic rings. The van der Waals surface area contributed by atoms with Crippen molar-refractivity contribution in [1.29, 1.82) is 0 Å². The maximum atomic E-state index is 13.1. The Hall–Kier alpha value is -4.55. The first-order chi connectivity index (χ1) is 19.5. The van der Waals surface area contributed by atoms with Crippen molar-refractivity contribution in [2.24, 2.45) is 0 Å². The number of para-hydroxylation sites is 1. The molecule has 0 aliphatic carbocycles. The van der Waals surface area contributed by atoms with Crippen molar-refractivity contribution in [3.63, 3.8) is 0 Å². The number of benzene rings is 2. The molecule has 0 aliphatic heterocycles. The van der Waals surface area contributed by atoms with Gasteiger partial charge in [-0.05, 0) is 62.6 Å². The van der Waals surface area contributed by atoms with Gasteiger partial charge in [0.15, 0.2) is 11.5 Å². The van der Waals surface area contributed by atoms with Crippen LogP contribution in [0, 0.1) is 0 Å². The van der Waals surface area contributed by atoms with Crippen molar-refractivity contribution in [3.8, 4) is 11.5 Å². The lowest BCUT2D eigenvalue weighted by atomic mass is 10.0. The van der Waals surface area contributed by atoms with Crippen molar-refractivity contribution in [1.82, 2.24) is 21.1 Å². The number of aromatic nitrogens is 1. The number of nitrogens with one attached hydrogen (secondary N) is 4. The number of aliphatic hydroxyl groups is 1. The Morgan fingerprint density at radius 3 is 2.51 bits per heavy atom. The van der Waals surface area contributed by atoms with Gasteiger partial charge in [-0.1, -0.05) is 24.3 Å². The first kappa shape index (κ1) is 31.0. The van der Waals surface area contributed by atoms with Crippen LogP contribution in [-0.2, 0) is 20.7 Å². The number of aromatic amines is 1. The van der Waals surface area contributed by atoms with Crippen molar-refractivity contribution in [3.05, 3.63) is 65.9 Å². The number of rotatable bonds is 12. The number of hydrogen-bond donors (Lipinski definition) is 6. The van der Waals surface area contributed by atoms with Crippen LogP contribution < -0.4 is 25.6 Å². The molecule has 0 bridgehead atoms. The molecule has 0 radical (unpaired) electrons. The number of H-pyrrole nitrogens is 1. The van der Waals surface area contributed by atoms with E-state index in [1.54, 1.807) is 39.0 Å². The smallest absolute Gasteiger partial charge is 0.408 e. The van der Waals surface area contributed by atoms with Gasteiger partial charge in [-0.3, -0.25) is 14.8 Å². The molecule has 1 aromatic heterocycles. The summed E-state index contributed by atoms with van der Waals surface area (Å²) in [6.45, 7) is 4.46. The molecule has 2 atom stereocenters. The summed E-state index contributed by atoms with van der Waals surface area (Å²) in [6, 6.07) is 10.9. The first-order valence-corrected chi connectivity index (χ1v) is 12.9. The third kappa shape index (κ3) is 9.26. The molecule has 2 aromatic carbocycles. The van der Waals surface area contributed by atoms with Gasteiger partial charge in [0.05, 0.1) is 19.8 Å². The number of hydrogen-bond acceptors (Lipinski definition) is 8. The third-order valence-corrected chi connectivity index (χ3v) is 5.84. The summed E-state index contributed by atoms with van der Waals surface area (Å²) in [4.78, 5) is 39.8. The summed E-state index contributed by atoms with van der Waals surface area (Å²) in [6.07, 6.45) is 4.05. The predicted octanol–water partition coefficient (Wildman–Crippen LogP) is 2.69. The number of methoxy groups -OCH3 is 1. The van der Waals surface area contributed by atoms with Crippen molar-refractivity contribution in [2.45, 2.75) is 44.9 Å². The molecule has 1 heterocycles. The monoisotopic (exact) mass is 568 g/mol. The molecule has 0 spiro atoms. The second-order valence-corrected chi connectivity index (χ2v) is 10.2. The minimum Gasteiger partial charge on any atom is -0.493 e. The Balaban J connectivity index is 1.79. The number of carbonyl (C=O) groups is 3. The molecular weight excluding hydrogens is 532 g/mol. The first-order valence-electron chi connectivity index (χ1n) is 12.9. The normalized spacial score (nSPS) is 12.9. The standard InChI is InChI=1S/C29H36N4O8/c1-29(2,3)41-28(37)32-23(16-34)27(36)31-20(14-19-15-30-22-8-6-5-7-21(19)22)17-40-24-11-9-18(13-25(24)39-4)10-12-26(35)33-38/h5-13,15,20,23,30,34,38H,14,16-17H2,1-4H3,(H,31,36)(H,32,37)(H,33,35)/b12-10+/t20-,23-/m0/s1. The van der Waals surface area contributed by atoms with Gasteiger partial charge in [-0.2, -0.15) is 0 Å². The molecule has 3 rings (SSSR count). The number of ether oxygens (including phenoxy) is 3. The van der Waals surface area contributed by atoms with Crippen molar-refractivity contribution in [2.75, 3.05) is 20.3 Å². The summed E-state index contributed by atoms with van der Waals surface area (Å²) in [5.74, 6) is -0.516.